The quantitative estimate of drug-likeness (QED) is 0.689. The number of nitrogens with zero attached hydrogens (tertiary/aromatic N) is 2. The van der Waals surface area contributed by atoms with E-state index >= 15 is 0 Å². The zero-order valence-electron chi connectivity index (χ0n) is 12.2. The maximum Gasteiger partial charge on any atom is 0.277 e. The van der Waals surface area contributed by atoms with Gasteiger partial charge in [0.15, 0.2) is 6.54 Å². The van der Waals surface area contributed by atoms with Crippen molar-refractivity contribution in [3.8, 4) is 0 Å². The van der Waals surface area contributed by atoms with Crippen molar-refractivity contribution >= 4 is 17.7 Å². The lowest BCUT2D eigenvalue weighted by Crippen LogP contribution is -3.04. The van der Waals surface area contributed by atoms with Gasteiger partial charge >= 0.3 is 0 Å². The standard InChI is InChI=1S/C12H22N4O2S/c1-8(2)9(3)13-10(17)7-19-12-15-14-11(18-12)6-16(4)5/h8-9H,6-7H2,1-5H3,(H,13,17)/p+1/t9-/m1/s1. The zero-order chi connectivity index (χ0) is 14.4. The highest BCUT2D eigenvalue weighted by atomic mass is 32.2. The first-order chi connectivity index (χ1) is 8.88. The fraction of sp³-hybridized carbons (Fsp3) is 0.750. The molecular weight excluding hydrogens is 264 g/mol. The average Bonchev–Trinajstić information content (AvgIpc) is 2.73. The summed E-state index contributed by atoms with van der Waals surface area (Å²) in [5, 5.41) is 11.2. The van der Waals surface area contributed by atoms with Crippen LogP contribution in [0.3, 0.4) is 0 Å². The van der Waals surface area contributed by atoms with Gasteiger partial charge in [-0.05, 0) is 12.8 Å². The largest absolute Gasteiger partial charge is 0.410 e. The van der Waals surface area contributed by atoms with Crippen molar-refractivity contribution in [1.29, 1.82) is 0 Å². The highest BCUT2D eigenvalue weighted by Gasteiger charge is 2.14. The Hall–Kier alpha value is -1.08. The maximum atomic E-state index is 11.7. The second-order valence-electron chi connectivity index (χ2n) is 5.23. The molecule has 19 heavy (non-hydrogen) atoms. The van der Waals surface area contributed by atoms with Gasteiger partial charge in [0.05, 0.1) is 19.8 Å². The van der Waals surface area contributed by atoms with E-state index in [1.807, 2.05) is 21.0 Å². The Morgan fingerprint density at radius 2 is 2.05 bits per heavy atom. The van der Waals surface area contributed by atoms with Gasteiger partial charge in [0.25, 0.3) is 11.1 Å². The number of rotatable bonds is 7. The van der Waals surface area contributed by atoms with Gasteiger partial charge in [-0.15, -0.1) is 10.2 Å². The van der Waals surface area contributed by atoms with Gasteiger partial charge in [0, 0.05) is 6.04 Å². The Balaban J connectivity index is 2.36. The monoisotopic (exact) mass is 287 g/mol. The summed E-state index contributed by atoms with van der Waals surface area (Å²) in [5.41, 5.74) is 0. The van der Waals surface area contributed by atoms with Gasteiger partial charge in [0.1, 0.15) is 0 Å². The molecule has 0 aromatic carbocycles. The number of thioether (sulfide) groups is 1. The molecule has 1 rings (SSSR count). The van der Waals surface area contributed by atoms with Crippen molar-refractivity contribution in [3.05, 3.63) is 5.89 Å². The lowest BCUT2D eigenvalue weighted by molar-refractivity contribution is -0.874. The first kappa shape index (κ1) is 16.0. The molecule has 0 aliphatic rings. The smallest absolute Gasteiger partial charge is 0.277 e. The SMILES string of the molecule is CC(C)[C@@H](C)NC(=O)CSc1nnc(C[NH+](C)C)o1. The molecule has 6 nitrogen and oxygen atoms in total. The van der Waals surface area contributed by atoms with Gasteiger partial charge in [-0.1, -0.05) is 25.6 Å². The Bertz CT molecular complexity index is 406. The number of amides is 1. The van der Waals surface area contributed by atoms with Crippen molar-refractivity contribution < 1.29 is 14.1 Å². The normalized spacial score (nSPS) is 13.0. The van der Waals surface area contributed by atoms with Gasteiger partial charge in [-0.2, -0.15) is 0 Å². The first-order valence-corrected chi connectivity index (χ1v) is 7.40. The van der Waals surface area contributed by atoms with Crippen molar-refractivity contribution in [1.82, 2.24) is 15.5 Å². The molecule has 0 saturated heterocycles. The predicted octanol–water partition coefficient (Wildman–Crippen LogP) is -0.0331. The zero-order valence-corrected chi connectivity index (χ0v) is 13.0. The van der Waals surface area contributed by atoms with Crippen LogP contribution in [0.4, 0.5) is 0 Å². The molecule has 7 heteroatoms. The van der Waals surface area contributed by atoms with Crippen LogP contribution in [-0.4, -0.2) is 42.0 Å². The number of nitrogens with one attached hydrogen (secondary N) is 2. The van der Waals surface area contributed by atoms with E-state index in [4.69, 9.17) is 4.42 Å². The summed E-state index contributed by atoms with van der Waals surface area (Å²) in [6.45, 7) is 6.83. The van der Waals surface area contributed by atoms with Crippen LogP contribution in [0.25, 0.3) is 0 Å². The highest BCUT2D eigenvalue weighted by Crippen LogP contribution is 2.15. The van der Waals surface area contributed by atoms with Crippen LogP contribution in [0, 0.1) is 5.92 Å². The number of quaternary nitrogens is 1. The minimum Gasteiger partial charge on any atom is -0.410 e. The van der Waals surface area contributed by atoms with Crippen molar-refractivity contribution in [2.24, 2.45) is 5.92 Å². The molecule has 0 unspecified atom stereocenters. The third-order valence-electron chi connectivity index (χ3n) is 2.67. The van der Waals surface area contributed by atoms with E-state index < -0.39 is 0 Å². The molecule has 1 heterocycles. The van der Waals surface area contributed by atoms with Gasteiger partial charge in [0.2, 0.25) is 5.91 Å². The maximum absolute atomic E-state index is 11.7. The molecule has 0 aliphatic carbocycles. The molecule has 0 bridgehead atoms. The van der Waals surface area contributed by atoms with E-state index in [0.29, 0.717) is 29.3 Å². The van der Waals surface area contributed by atoms with Gasteiger partial charge < -0.3 is 14.6 Å². The van der Waals surface area contributed by atoms with E-state index in [1.54, 1.807) is 0 Å². The van der Waals surface area contributed by atoms with Crippen LogP contribution in [0.5, 0.6) is 0 Å². The Kier molecular flexibility index (Phi) is 6.30. The molecule has 2 N–H and O–H groups in total. The van der Waals surface area contributed by atoms with Crippen LogP contribution >= 0.6 is 11.8 Å². The predicted molar refractivity (Wildman–Crippen MR) is 74.0 cm³/mol. The fourth-order valence-corrected chi connectivity index (χ4v) is 1.85. The minimum absolute atomic E-state index is 0.0100. The second kappa shape index (κ2) is 7.49. The molecule has 0 spiro atoms. The number of hydrogen-bond acceptors (Lipinski definition) is 5. The molecule has 1 aromatic rings. The third-order valence-corrected chi connectivity index (χ3v) is 3.49. The number of carbonyl (C=O) groups excluding carboxylic acids is 1. The molecule has 0 fully saturated rings. The van der Waals surface area contributed by atoms with E-state index in [9.17, 15) is 4.79 Å². The first-order valence-electron chi connectivity index (χ1n) is 6.42. The molecular formula is C12H23N4O2S+. The molecule has 0 aliphatic heterocycles. The summed E-state index contributed by atoms with van der Waals surface area (Å²) in [6, 6.07) is 0.170. The highest BCUT2D eigenvalue weighted by molar-refractivity contribution is 7.99. The van der Waals surface area contributed by atoms with Gasteiger partial charge in [-0.25, -0.2) is 0 Å². The average molecular weight is 287 g/mol. The fourth-order valence-electron chi connectivity index (χ4n) is 1.26. The summed E-state index contributed by atoms with van der Waals surface area (Å²) in [4.78, 5) is 12.9. The number of carbonyl (C=O) groups is 1. The van der Waals surface area contributed by atoms with Crippen LogP contribution < -0.4 is 10.2 Å². The third kappa shape index (κ3) is 6.07. The van der Waals surface area contributed by atoms with Crippen LogP contribution in [-0.2, 0) is 11.3 Å². The summed E-state index contributed by atoms with van der Waals surface area (Å²) in [5.74, 6) is 1.31. The molecule has 108 valence electrons. The molecule has 0 saturated carbocycles. The van der Waals surface area contributed by atoms with Crippen molar-refractivity contribution in [2.45, 2.75) is 38.6 Å². The van der Waals surface area contributed by atoms with E-state index in [2.05, 4.69) is 29.4 Å². The van der Waals surface area contributed by atoms with E-state index in [1.165, 1.54) is 16.7 Å². The Morgan fingerprint density at radius 3 is 2.63 bits per heavy atom. The minimum atomic E-state index is -0.0100. The second-order valence-corrected chi connectivity index (χ2v) is 6.16. The lowest BCUT2D eigenvalue weighted by atomic mass is 10.1. The topological polar surface area (TPSA) is 72.5 Å². The summed E-state index contributed by atoms with van der Waals surface area (Å²) >= 11 is 1.27. The molecule has 1 atom stereocenters. The Labute approximate surface area is 118 Å². The number of aromatic nitrogens is 2. The number of hydrogen-bond donors (Lipinski definition) is 2. The van der Waals surface area contributed by atoms with Crippen LogP contribution in [0.2, 0.25) is 0 Å². The molecule has 1 aromatic heterocycles. The molecule has 0 radical (unpaired) electrons. The van der Waals surface area contributed by atoms with Crippen LogP contribution in [0.1, 0.15) is 26.7 Å². The van der Waals surface area contributed by atoms with Crippen molar-refractivity contribution in [2.75, 3.05) is 19.8 Å². The summed E-state index contributed by atoms with van der Waals surface area (Å²) < 4.78 is 5.44. The van der Waals surface area contributed by atoms with E-state index in [0.717, 1.165) is 0 Å². The summed E-state index contributed by atoms with van der Waals surface area (Å²) in [7, 11) is 4.02. The van der Waals surface area contributed by atoms with E-state index in [-0.39, 0.29) is 11.9 Å². The Morgan fingerprint density at radius 1 is 1.37 bits per heavy atom. The summed E-state index contributed by atoms with van der Waals surface area (Å²) in [6.07, 6.45) is 0. The van der Waals surface area contributed by atoms with Crippen molar-refractivity contribution in [3.63, 3.8) is 0 Å². The van der Waals surface area contributed by atoms with Gasteiger partial charge in [-0.3, -0.25) is 4.79 Å². The molecule has 1 amide bonds. The lowest BCUT2D eigenvalue weighted by Gasteiger charge is -2.16. The van der Waals surface area contributed by atoms with Crippen LogP contribution in [0.15, 0.2) is 9.64 Å².